The Morgan fingerprint density at radius 1 is 1.39 bits per heavy atom. The summed E-state index contributed by atoms with van der Waals surface area (Å²) in [5.41, 5.74) is 3.91. The van der Waals surface area contributed by atoms with Crippen LogP contribution in [0, 0.1) is 6.92 Å². The van der Waals surface area contributed by atoms with E-state index >= 15 is 0 Å². The van der Waals surface area contributed by atoms with Crippen molar-refractivity contribution in [2.45, 2.75) is 39.2 Å². The van der Waals surface area contributed by atoms with Gasteiger partial charge in [0.15, 0.2) is 0 Å². The summed E-state index contributed by atoms with van der Waals surface area (Å²) in [5.74, 6) is 0. The molecule has 5 heteroatoms. The predicted octanol–water partition coefficient (Wildman–Crippen LogP) is 3.72. The lowest BCUT2D eigenvalue weighted by Gasteiger charge is -2.26. The lowest BCUT2D eigenvalue weighted by Crippen LogP contribution is -2.35. The van der Waals surface area contributed by atoms with Crippen molar-refractivity contribution in [1.82, 2.24) is 14.9 Å². The zero-order valence-electron chi connectivity index (χ0n) is 13.6. The minimum atomic E-state index is -0.0536. The molecule has 1 aliphatic rings. The first-order valence-corrected chi connectivity index (χ1v) is 8.12. The van der Waals surface area contributed by atoms with Gasteiger partial charge in [-0.1, -0.05) is 13.0 Å². The third-order valence-corrected chi connectivity index (χ3v) is 4.39. The molecular formula is C18H22N4O. The van der Waals surface area contributed by atoms with Gasteiger partial charge in [-0.3, -0.25) is 9.97 Å². The molecule has 0 radical (unpaired) electrons. The highest BCUT2D eigenvalue weighted by Gasteiger charge is 2.30. The smallest absolute Gasteiger partial charge is 0.317 e. The van der Waals surface area contributed by atoms with Crippen molar-refractivity contribution in [3.63, 3.8) is 0 Å². The predicted molar refractivity (Wildman–Crippen MR) is 90.3 cm³/mol. The molecule has 1 aliphatic heterocycles. The van der Waals surface area contributed by atoms with Gasteiger partial charge in [0.25, 0.3) is 0 Å². The molecule has 1 N–H and O–H groups in total. The second-order valence-corrected chi connectivity index (χ2v) is 5.87. The topological polar surface area (TPSA) is 58.1 Å². The number of anilines is 1. The van der Waals surface area contributed by atoms with E-state index in [-0.39, 0.29) is 12.1 Å². The van der Waals surface area contributed by atoms with E-state index in [1.54, 1.807) is 12.4 Å². The first-order valence-electron chi connectivity index (χ1n) is 8.12. The molecule has 0 aliphatic carbocycles. The maximum atomic E-state index is 12.8. The number of aromatic nitrogens is 2. The molecule has 120 valence electrons. The Labute approximate surface area is 136 Å². The Bertz CT molecular complexity index is 687. The van der Waals surface area contributed by atoms with Crippen molar-refractivity contribution in [3.05, 3.63) is 53.6 Å². The second-order valence-electron chi connectivity index (χ2n) is 5.87. The minimum Gasteiger partial charge on any atom is -0.317 e. The average molecular weight is 310 g/mol. The number of carbonyl (C=O) groups is 1. The molecular weight excluding hydrogens is 288 g/mol. The van der Waals surface area contributed by atoms with Crippen LogP contribution in [0.1, 0.15) is 42.6 Å². The summed E-state index contributed by atoms with van der Waals surface area (Å²) >= 11 is 0. The number of likely N-dealkylation sites (tertiary alicyclic amines) is 1. The van der Waals surface area contributed by atoms with Gasteiger partial charge >= 0.3 is 6.03 Å². The molecule has 0 spiro atoms. The van der Waals surface area contributed by atoms with Crippen LogP contribution in [0.4, 0.5) is 10.5 Å². The molecule has 23 heavy (non-hydrogen) atoms. The standard InChI is InChI=1S/C18H22N4O/c1-3-15-17(13(2)8-10-20-15)21-18(23)22-11-5-7-16(22)14-6-4-9-19-12-14/h4,6,8-10,12,16H,3,5,7,11H2,1-2H3,(H,21,23). The molecule has 5 nitrogen and oxygen atoms in total. The molecule has 0 saturated carbocycles. The largest absolute Gasteiger partial charge is 0.322 e. The van der Waals surface area contributed by atoms with Gasteiger partial charge in [-0.15, -0.1) is 0 Å². The van der Waals surface area contributed by atoms with Crippen LogP contribution in [0.15, 0.2) is 36.8 Å². The van der Waals surface area contributed by atoms with E-state index in [9.17, 15) is 4.79 Å². The summed E-state index contributed by atoms with van der Waals surface area (Å²) in [6.07, 6.45) is 8.19. The van der Waals surface area contributed by atoms with E-state index in [2.05, 4.69) is 15.3 Å². The van der Waals surface area contributed by atoms with Crippen LogP contribution in [0.5, 0.6) is 0 Å². The van der Waals surface area contributed by atoms with E-state index < -0.39 is 0 Å². The zero-order chi connectivity index (χ0) is 16.2. The molecule has 1 unspecified atom stereocenters. The second kappa shape index (κ2) is 6.77. The molecule has 2 amide bonds. The van der Waals surface area contributed by atoms with Gasteiger partial charge in [0.2, 0.25) is 0 Å². The Morgan fingerprint density at radius 3 is 3.00 bits per heavy atom. The summed E-state index contributed by atoms with van der Waals surface area (Å²) in [6, 6.07) is 5.94. The monoisotopic (exact) mass is 310 g/mol. The Balaban J connectivity index is 1.81. The van der Waals surface area contributed by atoms with Crippen molar-refractivity contribution in [2.24, 2.45) is 0 Å². The van der Waals surface area contributed by atoms with Crippen LogP contribution >= 0.6 is 0 Å². The van der Waals surface area contributed by atoms with Crippen LogP contribution in [-0.4, -0.2) is 27.4 Å². The van der Waals surface area contributed by atoms with Gasteiger partial charge in [-0.2, -0.15) is 0 Å². The lowest BCUT2D eigenvalue weighted by molar-refractivity contribution is 0.207. The van der Waals surface area contributed by atoms with Gasteiger partial charge in [0.05, 0.1) is 17.4 Å². The van der Waals surface area contributed by atoms with Crippen molar-refractivity contribution in [2.75, 3.05) is 11.9 Å². The molecule has 1 atom stereocenters. The summed E-state index contributed by atoms with van der Waals surface area (Å²) in [6.45, 7) is 4.82. The highest BCUT2D eigenvalue weighted by molar-refractivity contribution is 5.91. The summed E-state index contributed by atoms with van der Waals surface area (Å²) in [4.78, 5) is 23.2. The summed E-state index contributed by atoms with van der Waals surface area (Å²) in [5, 5.41) is 3.08. The Kier molecular flexibility index (Phi) is 4.55. The SMILES string of the molecule is CCc1nccc(C)c1NC(=O)N1CCCC1c1cccnc1. The Morgan fingerprint density at radius 2 is 2.26 bits per heavy atom. The Hall–Kier alpha value is -2.43. The van der Waals surface area contributed by atoms with Crippen molar-refractivity contribution in [3.8, 4) is 0 Å². The van der Waals surface area contributed by atoms with Gasteiger partial charge in [-0.25, -0.2) is 4.79 Å². The van der Waals surface area contributed by atoms with Crippen LogP contribution in [0.2, 0.25) is 0 Å². The van der Waals surface area contributed by atoms with Gasteiger partial charge in [0, 0.05) is 25.1 Å². The van der Waals surface area contributed by atoms with E-state index in [1.807, 2.05) is 43.1 Å². The first-order chi connectivity index (χ1) is 11.2. The third-order valence-electron chi connectivity index (χ3n) is 4.39. The highest BCUT2D eigenvalue weighted by atomic mass is 16.2. The maximum Gasteiger partial charge on any atom is 0.322 e. The quantitative estimate of drug-likeness (QED) is 0.940. The van der Waals surface area contributed by atoms with Crippen molar-refractivity contribution >= 4 is 11.7 Å². The molecule has 2 aromatic rings. The summed E-state index contributed by atoms with van der Waals surface area (Å²) in [7, 11) is 0. The third kappa shape index (κ3) is 3.18. The summed E-state index contributed by atoms with van der Waals surface area (Å²) < 4.78 is 0. The molecule has 2 aromatic heterocycles. The number of nitrogens with one attached hydrogen (secondary N) is 1. The number of amides is 2. The number of rotatable bonds is 3. The maximum absolute atomic E-state index is 12.8. The van der Waals surface area contributed by atoms with Crippen LogP contribution in [0.3, 0.4) is 0 Å². The van der Waals surface area contributed by atoms with Gasteiger partial charge in [0.1, 0.15) is 0 Å². The van der Waals surface area contributed by atoms with Crippen molar-refractivity contribution in [1.29, 1.82) is 0 Å². The lowest BCUT2D eigenvalue weighted by atomic mass is 10.1. The number of nitrogens with zero attached hydrogens (tertiary/aromatic N) is 3. The highest BCUT2D eigenvalue weighted by Crippen LogP contribution is 2.32. The normalized spacial score (nSPS) is 17.3. The first kappa shape index (κ1) is 15.5. The van der Waals surface area contributed by atoms with Gasteiger partial charge in [-0.05, 0) is 49.4 Å². The van der Waals surface area contributed by atoms with Gasteiger partial charge < -0.3 is 10.2 Å². The number of aryl methyl sites for hydroxylation is 2. The fourth-order valence-electron chi connectivity index (χ4n) is 3.16. The average Bonchev–Trinajstić information content (AvgIpc) is 3.07. The zero-order valence-corrected chi connectivity index (χ0v) is 13.6. The number of hydrogen-bond acceptors (Lipinski definition) is 3. The van der Waals surface area contributed by atoms with E-state index in [0.29, 0.717) is 0 Å². The van der Waals surface area contributed by atoms with Crippen LogP contribution in [0.25, 0.3) is 0 Å². The van der Waals surface area contributed by atoms with Crippen molar-refractivity contribution < 1.29 is 4.79 Å². The number of pyridine rings is 2. The number of carbonyl (C=O) groups excluding carboxylic acids is 1. The van der Waals surface area contributed by atoms with E-state index in [1.165, 1.54) is 0 Å². The molecule has 0 aromatic carbocycles. The van der Waals surface area contributed by atoms with E-state index in [0.717, 1.165) is 48.3 Å². The number of hydrogen-bond donors (Lipinski definition) is 1. The van der Waals surface area contributed by atoms with Crippen LogP contribution in [-0.2, 0) is 6.42 Å². The minimum absolute atomic E-state index is 0.0536. The van der Waals surface area contributed by atoms with E-state index in [4.69, 9.17) is 0 Å². The molecule has 1 saturated heterocycles. The number of urea groups is 1. The molecule has 3 rings (SSSR count). The van der Waals surface area contributed by atoms with Crippen LogP contribution < -0.4 is 5.32 Å². The molecule has 0 bridgehead atoms. The molecule has 3 heterocycles. The fraction of sp³-hybridized carbons (Fsp3) is 0.389. The molecule has 1 fully saturated rings. The fourth-order valence-corrected chi connectivity index (χ4v) is 3.16.